The van der Waals surface area contributed by atoms with Gasteiger partial charge in [0.15, 0.2) is 0 Å². The van der Waals surface area contributed by atoms with Gasteiger partial charge in [-0.05, 0) is 18.9 Å². The van der Waals surface area contributed by atoms with Crippen LogP contribution in [0.25, 0.3) is 0 Å². The molecule has 6 nitrogen and oxygen atoms in total. The minimum Gasteiger partial charge on any atom is -0.382 e. The van der Waals surface area contributed by atoms with Crippen LogP contribution in [0.15, 0.2) is 18.5 Å². The van der Waals surface area contributed by atoms with Gasteiger partial charge in [0.2, 0.25) is 5.91 Å². The van der Waals surface area contributed by atoms with Gasteiger partial charge in [-0.3, -0.25) is 9.59 Å². The summed E-state index contributed by atoms with van der Waals surface area (Å²) < 4.78 is 5.09. The van der Waals surface area contributed by atoms with Crippen LogP contribution in [-0.2, 0) is 9.53 Å². The third kappa shape index (κ3) is 1.88. The van der Waals surface area contributed by atoms with Crippen molar-refractivity contribution in [2.24, 2.45) is 5.73 Å². The molecule has 0 radical (unpaired) electrons. The van der Waals surface area contributed by atoms with Gasteiger partial charge in [-0.15, -0.1) is 0 Å². The number of nitrogens with zero attached hydrogens (tertiary/aromatic N) is 1. The number of primary amides is 1. The van der Waals surface area contributed by atoms with Crippen LogP contribution in [0, 0.1) is 0 Å². The Morgan fingerprint density at radius 1 is 1.61 bits per heavy atom. The normalized spacial score (nSPS) is 23.3. The summed E-state index contributed by atoms with van der Waals surface area (Å²) in [5.41, 5.74) is 5.00. The summed E-state index contributed by atoms with van der Waals surface area (Å²) in [6.45, 7) is 0.662. The molecule has 0 aliphatic carbocycles. The van der Waals surface area contributed by atoms with Crippen molar-refractivity contribution in [2.45, 2.75) is 18.4 Å². The Balaban J connectivity index is 2.30. The van der Waals surface area contributed by atoms with Gasteiger partial charge < -0.3 is 20.4 Å². The molecule has 6 heteroatoms. The monoisotopic (exact) mass is 251 g/mol. The van der Waals surface area contributed by atoms with Crippen molar-refractivity contribution >= 4 is 11.8 Å². The van der Waals surface area contributed by atoms with Crippen molar-refractivity contribution in [1.82, 2.24) is 9.88 Å². The van der Waals surface area contributed by atoms with E-state index >= 15 is 0 Å². The number of methoxy groups -OCH3 is 1. The average Bonchev–Trinajstić information content (AvgIpc) is 2.98. The van der Waals surface area contributed by atoms with Gasteiger partial charge in [0.1, 0.15) is 5.54 Å². The Kier molecular flexibility index (Phi) is 3.38. The van der Waals surface area contributed by atoms with Crippen LogP contribution in [0.2, 0.25) is 0 Å². The van der Waals surface area contributed by atoms with Crippen LogP contribution in [0.1, 0.15) is 23.2 Å². The summed E-state index contributed by atoms with van der Waals surface area (Å²) in [5.74, 6) is -0.699. The Labute approximate surface area is 105 Å². The highest BCUT2D eigenvalue weighted by Crippen LogP contribution is 2.31. The number of hydrogen-bond donors (Lipinski definition) is 2. The second kappa shape index (κ2) is 4.81. The molecule has 2 rings (SSSR count). The molecule has 18 heavy (non-hydrogen) atoms. The lowest BCUT2D eigenvalue weighted by Crippen LogP contribution is -2.58. The van der Waals surface area contributed by atoms with E-state index in [0.29, 0.717) is 18.5 Å². The smallest absolute Gasteiger partial charge is 0.256 e. The summed E-state index contributed by atoms with van der Waals surface area (Å²) >= 11 is 0. The fourth-order valence-corrected chi connectivity index (χ4v) is 2.50. The first-order valence-corrected chi connectivity index (χ1v) is 5.85. The molecule has 1 aliphatic rings. The highest BCUT2D eigenvalue weighted by Gasteiger charge is 2.48. The molecule has 0 spiro atoms. The zero-order chi connectivity index (χ0) is 13.2. The van der Waals surface area contributed by atoms with Gasteiger partial charge in [0, 0.05) is 26.0 Å². The maximum absolute atomic E-state index is 12.3. The van der Waals surface area contributed by atoms with Gasteiger partial charge >= 0.3 is 0 Å². The van der Waals surface area contributed by atoms with E-state index in [9.17, 15) is 9.59 Å². The molecular weight excluding hydrogens is 234 g/mol. The summed E-state index contributed by atoms with van der Waals surface area (Å²) in [6.07, 6.45) is 4.58. The molecule has 1 aromatic rings. The van der Waals surface area contributed by atoms with Crippen LogP contribution < -0.4 is 5.73 Å². The van der Waals surface area contributed by atoms with Crippen molar-refractivity contribution in [1.29, 1.82) is 0 Å². The number of hydrogen-bond acceptors (Lipinski definition) is 3. The minimum atomic E-state index is -1.01. The fraction of sp³-hybridized carbons (Fsp3) is 0.500. The maximum Gasteiger partial charge on any atom is 0.256 e. The molecule has 0 bridgehead atoms. The number of carbonyl (C=O) groups is 2. The summed E-state index contributed by atoms with van der Waals surface area (Å²) in [4.78, 5) is 28.4. The first-order chi connectivity index (χ1) is 8.62. The molecule has 1 unspecified atom stereocenters. The van der Waals surface area contributed by atoms with E-state index in [1.54, 1.807) is 18.5 Å². The number of carbonyl (C=O) groups excluding carboxylic acids is 2. The zero-order valence-electron chi connectivity index (χ0n) is 10.3. The Hall–Kier alpha value is -1.82. The van der Waals surface area contributed by atoms with E-state index in [4.69, 9.17) is 10.5 Å². The number of nitrogens with one attached hydrogen (secondary N) is 1. The number of rotatable bonds is 4. The molecule has 0 aromatic carbocycles. The largest absolute Gasteiger partial charge is 0.382 e. The topological polar surface area (TPSA) is 88.4 Å². The third-order valence-electron chi connectivity index (χ3n) is 3.42. The van der Waals surface area contributed by atoms with Gasteiger partial charge in [-0.1, -0.05) is 0 Å². The first-order valence-electron chi connectivity index (χ1n) is 5.85. The number of amides is 2. The number of ether oxygens (including phenoxy) is 1. The third-order valence-corrected chi connectivity index (χ3v) is 3.42. The molecule has 1 fully saturated rings. The number of nitrogens with two attached hydrogens (primary N) is 1. The van der Waals surface area contributed by atoms with Crippen molar-refractivity contribution in [3.63, 3.8) is 0 Å². The van der Waals surface area contributed by atoms with Gasteiger partial charge in [0.25, 0.3) is 5.91 Å². The van der Waals surface area contributed by atoms with E-state index in [1.807, 2.05) is 0 Å². The van der Waals surface area contributed by atoms with E-state index in [1.165, 1.54) is 12.0 Å². The molecule has 1 aliphatic heterocycles. The molecule has 98 valence electrons. The quantitative estimate of drug-likeness (QED) is 0.796. The van der Waals surface area contributed by atoms with Crippen LogP contribution in [0.4, 0.5) is 0 Å². The minimum absolute atomic E-state index is 0.137. The zero-order valence-corrected chi connectivity index (χ0v) is 10.3. The predicted octanol–water partition coefficient (Wildman–Crippen LogP) is 0.121. The fourth-order valence-electron chi connectivity index (χ4n) is 2.50. The Bertz CT molecular complexity index is 443. The number of aromatic amines is 1. The standard InChI is InChI=1S/C12H17N3O3/c1-18-8-12(11(13)17)4-2-6-15(12)10(16)9-3-5-14-7-9/h3,5,7,14H,2,4,6,8H2,1H3,(H2,13,17). The lowest BCUT2D eigenvalue weighted by molar-refractivity contribution is -0.130. The van der Waals surface area contributed by atoms with Crippen LogP contribution in [-0.4, -0.2) is 47.5 Å². The summed E-state index contributed by atoms with van der Waals surface area (Å²) in [6, 6.07) is 1.68. The average molecular weight is 251 g/mol. The summed E-state index contributed by atoms with van der Waals surface area (Å²) in [5, 5.41) is 0. The summed E-state index contributed by atoms with van der Waals surface area (Å²) in [7, 11) is 1.50. The first kappa shape index (κ1) is 12.6. The van der Waals surface area contributed by atoms with Crippen LogP contribution >= 0.6 is 0 Å². The molecule has 2 heterocycles. The van der Waals surface area contributed by atoms with Gasteiger partial charge in [-0.2, -0.15) is 0 Å². The second-order valence-corrected chi connectivity index (χ2v) is 4.49. The van der Waals surface area contributed by atoms with Crippen molar-refractivity contribution in [3.05, 3.63) is 24.0 Å². The molecule has 1 atom stereocenters. The van der Waals surface area contributed by atoms with E-state index < -0.39 is 11.4 Å². The van der Waals surface area contributed by atoms with Crippen LogP contribution in [0.3, 0.4) is 0 Å². The molecule has 1 aromatic heterocycles. The van der Waals surface area contributed by atoms with Crippen molar-refractivity contribution in [2.75, 3.05) is 20.3 Å². The van der Waals surface area contributed by atoms with Crippen molar-refractivity contribution in [3.8, 4) is 0 Å². The SMILES string of the molecule is COCC1(C(N)=O)CCCN1C(=O)c1cc[nH]c1. The highest BCUT2D eigenvalue weighted by molar-refractivity contribution is 5.99. The number of aromatic nitrogens is 1. The molecule has 0 saturated carbocycles. The van der Waals surface area contributed by atoms with Crippen molar-refractivity contribution < 1.29 is 14.3 Å². The van der Waals surface area contributed by atoms with Gasteiger partial charge in [-0.25, -0.2) is 0 Å². The maximum atomic E-state index is 12.3. The second-order valence-electron chi connectivity index (χ2n) is 4.49. The van der Waals surface area contributed by atoms with E-state index in [2.05, 4.69) is 4.98 Å². The van der Waals surface area contributed by atoms with Gasteiger partial charge in [0.05, 0.1) is 12.2 Å². The van der Waals surface area contributed by atoms with E-state index in [0.717, 1.165) is 6.42 Å². The Morgan fingerprint density at radius 2 is 2.39 bits per heavy atom. The molecular formula is C12H17N3O3. The number of H-pyrrole nitrogens is 1. The molecule has 2 amide bonds. The lowest BCUT2D eigenvalue weighted by Gasteiger charge is -2.34. The predicted molar refractivity (Wildman–Crippen MR) is 64.9 cm³/mol. The Morgan fingerprint density at radius 3 is 2.94 bits per heavy atom. The highest BCUT2D eigenvalue weighted by atomic mass is 16.5. The van der Waals surface area contributed by atoms with E-state index in [-0.39, 0.29) is 12.5 Å². The molecule has 1 saturated heterocycles. The molecule has 3 N–H and O–H groups in total. The van der Waals surface area contributed by atoms with Crippen LogP contribution in [0.5, 0.6) is 0 Å². The number of likely N-dealkylation sites (tertiary alicyclic amines) is 1. The lowest BCUT2D eigenvalue weighted by atomic mass is 9.96.